The van der Waals surface area contributed by atoms with Gasteiger partial charge in [-0.15, -0.1) is 10.2 Å². The Morgan fingerprint density at radius 3 is 2.70 bits per heavy atom. The van der Waals surface area contributed by atoms with Crippen LogP contribution in [0.5, 0.6) is 0 Å². The van der Waals surface area contributed by atoms with Crippen molar-refractivity contribution in [1.29, 1.82) is 0 Å². The van der Waals surface area contributed by atoms with Gasteiger partial charge in [-0.3, -0.25) is 9.20 Å². The first-order chi connectivity index (χ1) is 12.9. The molecule has 3 rings (SSSR count). The molecule has 140 valence electrons. The number of likely N-dealkylation sites (N-methyl/N-ethyl adjacent to an activating group) is 1. The van der Waals surface area contributed by atoms with Crippen LogP contribution in [-0.4, -0.2) is 27.0 Å². The Morgan fingerprint density at radius 2 is 1.96 bits per heavy atom. The number of hydrogen-bond acceptors (Lipinski definition) is 4. The Bertz CT molecular complexity index is 985. The molecule has 0 saturated carbocycles. The summed E-state index contributed by atoms with van der Waals surface area (Å²) in [5.74, 6) is 0.849. The van der Waals surface area contributed by atoms with E-state index in [0.717, 1.165) is 26.8 Å². The minimum atomic E-state index is -0.0873. The van der Waals surface area contributed by atoms with Crippen molar-refractivity contribution in [2.24, 2.45) is 0 Å². The maximum atomic E-state index is 11.7. The van der Waals surface area contributed by atoms with Gasteiger partial charge >= 0.3 is 0 Å². The van der Waals surface area contributed by atoms with E-state index < -0.39 is 0 Å². The number of carbonyl (C=O) groups excluding carboxylic acids is 1. The van der Waals surface area contributed by atoms with Crippen molar-refractivity contribution in [3.63, 3.8) is 0 Å². The molecule has 6 heteroatoms. The van der Waals surface area contributed by atoms with Crippen LogP contribution in [0.3, 0.4) is 0 Å². The number of aromatic nitrogens is 3. The van der Waals surface area contributed by atoms with Gasteiger partial charge in [-0.25, -0.2) is 0 Å². The summed E-state index contributed by atoms with van der Waals surface area (Å²) in [5.41, 5.74) is 1.76. The van der Waals surface area contributed by atoms with Crippen molar-refractivity contribution in [2.75, 3.05) is 6.54 Å². The van der Waals surface area contributed by atoms with E-state index in [1.165, 1.54) is 0 Å². The molecule has 0 bridgehead atoms. The normalized spacial score (nSPS) is 12.0. The van der Waals surface area contributed by atoms with Gasteiger partial charge in [0.1, 0.15) is 5.82 Å². The summed E-state index contributed by atoms with van der Waals surface area (Å²) < 4.78 is 2.05. The summed E-state index contributed by atoms with van der Waals surface area (Å²) in [7, 11) is 0. The Morgan fingerprint density at radius 1 is 1.19 bits per heavy atom. The molecular formula is C21H24N4OS. The van der Waals surface area contributed by atoms with Crippen LogP contribution in [-0.2, 0) is 10.2 Å². The molecule has 2 heterocycles. The fourth-order valence-corrected chi connectivity index (χ4v) is 3.63. The Balaban J connectivity index is 1.91. The Hall–Kier alpha value is -2.60. The standard InChI is InChI=1S/C21H24N4OS/c1-5-22-19(26)13-10-15-8-6-7-9-17(15)27-16-11-12-18-23-24-20(21(2,3)4)25(18)14-16/h6-14H,5H2,1-4H3,(H,22,26). The predicted molar refractivity (Wildman–Crippen MR) is 110 cm³/mol. The maximum absolute atomic E-state index is 11.7. The number of hydrogen-bond donors (Lipinski definition) is 1. The second-order valence-electron chi connectivity index (χ2n) is 7.23. The van der Waals surface area contributed by atoms with E-state index in [1.807, 2.05) is 43.3 Å². The van der Waals surface area contributed by atoms with Crippen molar-refractivity contribution in [1.82, 2.24) is 19.9 Å². The molecule has 1 aromatic carbocycles. The van der Waals surface area contributed by atoms with Crippen molar-refractivity contribution in [3.05, 3.63) is 60.1 Å². The molecule has 0 aliphatic rings. The van der Waals surface area contributed by atoms with Gasteiger partial charge in [0.25, 0.3) is 0 Å². The van der Waals surface area contributed by atoms with E-state index in [1.54, 1.807) is 17.8 Å². The number of pyridine rings is 1. The fraction of sp³-hybridized carbons (Fsp3) is 0.286. The molecule has 2 aromatic heterocycles. The number of amides is 1. The number of fused-ring (bicyclic) bond motifs is 1. The van der Waals surface area contributed by atoms with E-state index in [4.69, 9.17) is 0 Å². The Labute approximate surface area is 163 Å². The van der Waals surface area contributed by atoms with Gasteiger partial charge < -0.3 is 5.32 Å². The van der Waals surface area contributed by atoms with E-state index in [0.29, 0.717) is 6.54 Å². The third-order valence-corrected chi connectivity index (χ3v) is 5.03. The van der Waals surface area contributed by atoms with E-state index in [-0.39, 0.29) is 11.3 Å². The molecule has 0 atom stereocenters. The second kappa shape index (κ2) is 7.96. The largest absolute Gasteiger partial charge is 0.353 e. The van der Waals surface area contributed by atoms with Gasteiger partial charge in [0, 0.05) is 34.0 Å². The lowest BCUT2D eigenvalue weighted by Crippen LogP contribution is -2.19. The smallest absolute Gasteiger partial charge is 0.243 e. The number of rotatable bonds is 5. The second-order valence-corrected chi connectivity index (χ2v) is 8.35. The lowest BCUT2D eigenvalue weighted by molar-refractivity contribution is -0.116. The predicted octanol–water partition coefficient (Wildman–Crippen LogP) is 4.33. The van der Waals surface area contributed by atoms with Crippen LogP contribution in [0.1, 0.15) is 39.1 Å². The van der Waals surface area contributed by atoms with Crippen molar-refractivity contribution in [2.45, 2.75) is 42.9 Å². The molecule has 5 nitrogen and oxygen atoms in total. The summed E-state index contributed by atoms with van der Waals surface area (Å²) >= 11 is 1.66. The quantitative estimate of drug-likeness (QED) is 0.670. The molecule has 0 unspecified atom stereocenters. The lowest BCUT2D eigenvalue weighted by Gasteiger charge is -2.16. The first-order valence-corrected chi connectivity index (χ1v) is 9.78. The minimum absolute atomic E-state index is 0.0852. The molecule has 0 spiro atoms. The molecule has 1 N–H and O–H groups in total. The topological polar surface area (TPSA) is 59.3 Å². The summed E-state index contributed by atoms with van der Waals surface area (Å²) in [6.45, 7) is 8.91. The van der Waals surface area contributed by atoms with E-state index in [2.05, 4.69) is 52.9 Å². The van der Waals surface area contributed by atoms with E-state index >= 15 is 0 Å². The first-order valence-electron chi connectivity index (χ1n) is 8.96. The highest BCUT2D eigenvalue weighted by Gasteiger charge is 2.21. The average Bonchev–Trinajstić information content (AvgIpc) is 3.05. The lowest BCUT2D eigenvalue weighted by atomic mass is 9.96. The molecule has 0 fully saturated rings. The van der Waals surface area contributed by atoms with Crippen LogP contribution < -0.4 is 5.32 Å². The highest BCUT2D eigenvalue weighted by Crippen LogP contribution is 2.32. The zero-order valence-electron chi connectivity index (χ0n) is 16.1. The van der Waals surface area contributed by atoms with Crippen LogP contribution in [0.2, 0.25) is 0 Å². The van der Waals surface area contributed by atoms with Gasteiger partial charge in [-0.2, -0.15) is 0 Å². The molecule has 0 saturated heterocycles. The number of benzene rings is 1. The number of carbonyl (C=O) groups is 1. The zero-order chi connectivity index (χ0) is 19.4. The number of nitrogens with zero attached hydrogens (tertiary/aromatic N) is 3. The van der Waals surface area contributed by atoms with Crippen molar-refractivity contribution >= 4 is 29.4 Å². The summed E-state index contributed by atoms with van der Waals surface area (Å²) in [6, 6.07) is 12.1. The fourth-order valence-electron chi connectivity index (χ4n) is 2.68. The molecule has 0 radical (unpaired) electrons. The molecule has 0 aliphatic carbocycles. The molecular weight excluding hydrogens is 356 g/mol. The molecule has 0 aliphatic heterocycles. The van der Waals surface area contributed by atoms with Gasteiger partial charge in [0.15, 0.2) is 5.65 Å². The highest BCUT2D eigenvalue weighted by atomic mass is 32.2. The monoisotopic (exact) mass is 380 g/mol. The van der Waals surface area contributed by atoms with Crippen LogP contribution in [0, 0.1) is 0 Å². The first kappa shape index (κ1) is 19.2. The zero-order valence-corrected chi connectivity index (χ0v) is 16.9. The number of nitrogens with one attached hydrogen (secondary N) is 1. The summed E-state index contributed by atoms with van der Waals surface area (Å²) in [4.78, 5) is 13.9. The molecule has 3 aromatic rings. The van der Waals surface area contributed by atoms with Crippen molar-refractivity contribution < 1.29 is 4.79 Å². The van der Waals surface area contributed by atoms with E-state index in [9.17, 15) is 4.79 Å². The van der Waals surface area contributed by atoms with Gasteiger partial charge in [0.05, 0.1) is 0 Å². The minimum Gasteiger partial charge on any atom is -0.353 e. The van der Waals surface area contributed by atoms with Crippen molar-refractivity contribution in [3.8, 4) is 0 Å². The molecule has 1 amide bonds. The van der Waals surface area contributed by atoms with Crippen LogP contribution >= 0.6 is 11.8 Å². The average molecular weight is 381 g/mol. The summed E-state index contributed by atoms with van der Waals surface area (Å²) in [6.07, 6.45) is 5.50. The summed E-state index contributed by atoms with van der Waals surface area (Å²) in [5, 5.41) is 11.4. The molecule has 27 heavy (non-hydrogen) atoms. The Kier molecular flexibility index (Phi) is 5.65. The van der Waals surface area contributed by atoms with Crippen LogP contribution in [0.25, 0.3) is 11.7 Å². The highest BCUT2D eigenvalue weighted by molar-refractivity contribution is 7.99. The SMILES string of the molecule is CCNC(=O)C=Cc1ccccc1Sc1ccc2nnc(C(C)(C)C)n2c1. The van der Waals surface area contributed by atoms with Gasteiger partial charge in [0.2, 0.25) is 5.91 Å². The third kappa shape index (κ3) is 4.57. The van der Waals surface area contributed by atoms with Crippen LogP contribution in [0.4, 0.5) is 0 Å². The van der Waals surface area contributed by atoms with Gasteiger partial charge in [-0.1, -0.05) is 50.7 Å². The van der Waals surface area contributed by atoms with Gasteiger partial charge in [-0.05, 0) is 36.8 Å². The maximum Gasteiger partial charge on any atom is 0.243 e. The third-order valence-electron chi connectivity index (χ3n) is 3.96. The van der Waals surface area contributed by atoms with Crippen LogP contribution in [0.15, 0.2) is 58.5 Å².